The lowest BCUT2D eigenvalue weighted by Crippen LogP contribution is -2.24. The fraction of sp³-hybridized carbons (Fsp3) is 0.556. The second-order valence-corrected chi connectivity index (χ2v) is 3.98. The van der Waals surface area contributed by atoms with Gasteiger partial charge in [-0.15, -0.1) is 23.7 Å². The summed E-state index contributed by atoms with van der Waals surface area (Å²) in [6.07, 6.45) is 2.41. The Kier molecular flexibility index (Phi) is 5.01. The van der Waals surface area contributed by atoms with Crippen LogP contribution in [0.2, 0.25) is 0 Å². The Hall–Kier alpha value is -0.650. The number of rotatable bonds is 3. The number of halogens is 1. The topological polar surface area (TPSA) is 42.4 Å². The third kappa shape index (κ3) is 3.44. The first-order chi connectivity index (χ1) is 6.86. The molecule has 0 aliphatic carbocycles. The molecule has 1 aromatic rings. The molecule has 6 heteroatoms. The Morgan fingerprint density at radius 2 is 2.27 bits per heavy atom. The van der Waals surface area contributed by atoms with E-state index in [9.17, 15) is 4.79 Å². The average Bonchev–Trinajstić information content (AvgIpc) is 2.87. The van der Waals surface area contributed by atoms with Gasteiger partial charge in [-0.05, 0) is 12.8 Å². The summed E-state index contributed by atoms with van der Waals surface area (Å²) in [5.41, 5.74) is 2.04. The van der Waals surface area contributed by atoms with E-state index in [1.54, 1.807) is 10.9 Å². The van der Waals surface area contributed by atoms with Crippen molar-refractivity contribution in [3.63, 3.8) is 0 Å². The first-order valence-corrected chi connectivity index (χ1v) is 5.58. The maximum absolute atomic E-state index is 11.4. The Morgan fingerprint density at radius 3 is 2.87 bits per heavy atom. The van der Waals surface area contributed by atoms with Gasteiger partial charge in [0, 0.05) is 18.5 Å². The summed E-state index contributed by atoms with van der Waals surface area (Å²) >= 11 is 1.40. The predicted octanol–water partition coefficient (Wildman–Crippen LogP) is 1.77. The van der Waals surface area contributed by atoms with Gasteiger partial charge in [0.1, 0.15) is 6.73 Å². The number of carbonyl (C=O) groups excluding carboxylic acids is 1. The van der Waals surface area contributed by atoms with E-state index >= 15 is 0 Å². The highest BCUT2D eigenvalue weighted by Gasteiger charge is 2.14. The number of esters is 1. The number of likely N-dealkylation sites (tertiary alicyclic amines) is 1. The van der Waals surface area contributed by atoms with Gasteiger partial charge in [-0.3, -0.25) is 4.90 Å². The predicted molar refractivity (Wildman–Crippen MR) is 60.5 cm³/mol. The lowest BCUT2D eigenvalue weighted by molar-refractivity contribution is 0.0264. The van der Waals surface area contributed by atoms with E-state index in [0.717, 1.165) is 13.1 Å². The molecule has 0 bridgehead atoms. The Morgan fingerprint density at radius 1 is 1.53 bits per heavy atom. The minimum absolute atomic E-state index is 0. The lowest BCUT2D eigenvalue weighted by atomic mass is 10.4. The van der Waals surface area contributed by atoms with Crippen molar-refractivity contribution in [2.45, 2.75) is 12.8 Å². The molecule has 0 amide bonds. The summed E-state index contributed by atoms with van der Waals surface area (Å²) < 4.78 is 5.10. The van der Waals surface area contributed by atoms with Gasteiger partial charge in [0.2, 0.25) is 0 Å². The van der Waals surface area contributed by atoms with Crippen molar-refractivity contribution in [2.24, 2.45) is 0 Å². The third-order valence-corrected chi connectivity index (χ3v) is 2.80. The van der Waals surface area contributed by atoms with Gasteiger partial charge in [0.05, 0.1) is 5.51 Å². The molecule has 1 saturated heterocycles. The summed E-state index contributed by atoms with van der Waals surface area (Å²) in [6, 6.07) is 0. The number of carbonyl (C=O) groups is 1. The van der Waals surface area contributed by atoms with Crippen LogP contribution < -0.4 is 0 Å². The molecule has 0 unspecified atom stereocenters. The molecule has 1 fully saturated rings. The third-order valence-electron chi connectivity index (χ3n) is 2.22. The molecule has 1 aliphatic rings. The van der Waals surface area contributed by atoms with E-state index in [1.807, 2.05) is 0 Å². The second-order valence-electron chi connectivity index (χ2n) is 3.26. The molecule has 0 N–H and O–H groups in total. The minimum Gasteiger partial charge on any atom is -0.445 e. The van der Waals surface area contributed by atoms with E-state index in [-0.39, 0.29) is 18.4 Å². The monoisotopic (exact) mass is 248 g/mol. The van der Waals surface area contributed by atoms with E-state index in [1.165, 1.54) is 24.2 Å². The smallest absolute Gasteiger partial charge is 0.359 e. The van der Waals surface area contributed by atoms with Gasteiger partial charge in [0.15, 0.2) is 5.69 Å². The molecule has 15 heavy (non-hydrogen) atoms. The van der Waals surface area contributed by atoms with Crippen LogP contribution in [0.25, 0.3) is 0 Å². The van der Waals surface area contributed by atoms with Crippen molar-refractivity contribution in [2.75, 3.05) is 19.8 Å². The number of ether oxygens (including phenoxy) is 1. The maximum Gasteiger partial charge on any atom is 0.359 e. The molecule has 1 aliphatic heterocycles. The first-order valence-electron chi connectivity index (χ1n) is 4.64. The summed E-state index contributed by atoms with van der Waals surface area (Å²) in [6.45, 7) is 2.46. The minimum atomic E-state index is -0.321. The van der Waals surface area contributed by atoms with Crippen LogP contribution in [0.5, 0.6) is 0 Å². The van der Waals surface area contributed by atoms with E-state index < -0.39 is 0 Å². The number of hydrogen-bond donors (Lipinski definition) is 0. The summed E-state index contributed by atoms with van der Waals surface area (Å²) in [5, 5.41) is 1.70. The van der Waals surface area contributed by atoms with Crippen LogP contribution in [0.15, 0.2) is 10.9 Å². The summed E-state index contributed by atoms with van der Waals surface area (Å²) in [5.74, 6) is -0.321. The van der Waals surface area contributed by atoms with Gasteiger partial charge in [-0.25, -0.2) is 9.78 Å². The first kappa shape index (κ1) is 12.4. The molecule has 0 saturated carbocycles. The highest BCUT2D eigenvalue weighted by atomic mass is 35.5. The molecular formula is C9H13ClN2O2S. The Balaban J connectivity index is 0.00000112. The molecule has 0 radical (unpaired) electrons. The highest BCUT2D eigenvalue weighted by molar-refractivity contribution is 7.07. The number of thiazole rings is 1. The van der Waals surface area contributed by atoms with Crippen molar-refractivity contribution < 1.29 is 9.53 Å². The Labute approximate surface area is 98.7 Å². The van der Waals surface area contributed by atoms with Gasteiger partial charge >= 0.3 is 5.97 Å². The second kappa shape index (κ2) is 6.05. The average molecular weight is 249 g/mol. The number of hydrogen-bond acceptors (Lipinski definition) is 5. The van der Waals surface area contributed by atoms with Crippen molar-refractivity contribution in [1.29, 1.82) is 0 Å². The van der Waals surface area contributed by atoms with Crippen LogP contribution in [0.4, 0.5) is 0 Å². The number of nitrogens with zero attached hydrogens (tertiary/aromatic N) is 2. The fourth-order valence-electron chi connectivity index (χ4n) is 1.45. The molecule has 2 rings (SSSR count). The molecule has 2 heterocycles. The van der Waals surface area contributed by atoms with Gasteiger partial charge in [-0.2, -0.15) is 0 Å². The normalized spacial score (nSPS) is 16.0. The fourth-order valence-corrected chi connectivity index (χ4v) is 1.97. The van der Waals surface area contributed by atoms with Gasteiger partial charge in [-0.1, -0.05) is 0 Å². The van der Waals surface area contributed by atoms with Crippen molar-refractivity contribution in [3.05, 3.63) is 16.6 Å². The SMILES string of the molecule is Cl.O=C(OCN1CCCC1)c1cscn1. The van der Waals surface area contributed by atoms with Crippen LogP contribution in [0, 0.1) is 0 Å². The van der Waals surface area contributed by atoms with Crippen LogP contribution in [-0.2, 0) is 4.74 Å². The quantitative estimate of drug-likeness (QED) is 0.765. The van der Waals surface area contributed by atoms with Crippen molar-refractivity contribution in [1.82, 2.24) is 9.88 Å². The number of aromatic nitrogens is 1. The van der Waals surface area contributed by atoms with Gasteiger partial charge in [0.25, 0.3) is 0 Å². The maximum atomic E-state index is 11.4. The Bertz CT molecular complexity index is 299. The standard InChI is InChI=1S/C9H12N2O2S.ClH/c12-9(8-5-14-6-10-8)13-7-11-3-1-2-4-11;/h5-6H,1-4,7H2;1H. The summed E-state index contributed by atoms with van der Waals surface area (Å²) in [7, 11) is 0. The largest absolute Gasteiger partial charge is 0.445 e. The molecule has 84 valence electrons. The molecule has 0 spiro atoms. The van der Waals surface area contributed by atoms with Crippen molar-refractivity contribution >= 4 is 29.7 Å². The van der Waals surface area contributed by atoms with Crippen LogP contribution in [0.1, 0.15) is 23.3 Å². The van der Waals surface area contributed by atoms with Crippen LogP contribution >= 0.6 is 23.7 Å². The van der Waals surface area contributed by atoms with Crippen LogP contribution in [-0.4, -0.2) is 35.7 Å². The van der Waals surface area contributed by atoms with E-state index in [4.69, 9.17) is 4.74 Å². The molecule has 1 aromatic heterocycles. The molecule has 4 nitrogen and oxygen atoms in total. The van der Waals surface area contributed by atoms with Crippen LogP contribution in [0.3, 0.4) is 0 Å². The summed E-state index contributed by atoms with van der Waals surface area (Å²) in [4.78, 5) is 17.4. The molecule has 0 atom stereocenters. The lowest BCUT2D eigenvalue weighted by Gasteiger charge is -2.13. The zero-order chi connectivity index (χ0) is 9.80. The van der Waals surface area contributed by atoms with Crippen molar-refractivity contribution in [3.8, 4) is 0 Å². The highest BCUT2D eigenvalue weighted by Crippen LogP contribution is 2.08. The zero-order valence-electron chi connectivity index (χ0n) is 8.22. The molecular weight excluding hydrogens is 236 g/mol. The van der Waals surface area contributed by atoms with E-state index in [0.29, 0.717) is 12.4 Å². The van der Waals surface area contributed by atoms with E-state index in [2.05, 4.69) is 9.88 Å². The zero-order valence-corrected chi connectivity index (χ0v) is 9.85. The molecule has 0 aromatic carbocycles. The van der Waals surface area contributed by atoms with Gasteiger partial charge < -0.3 is 4.74 Å².